The summed E-state index contributed by atoms with van der Waals surface area (Å²) < 4.78 is 5.02. The van der Waals surface area contributed by atoms with E-state index in [1.54, 1.807) is 30.9 Å². The van der Waals surface area contributed by atoms with Crippen molar-refractivity contribution < 1.29 is 9.21 Å². The molecule has 26 heavy (non-hydrogen) atoms. The summed E-state index contributed by atoms with van der Waals surface area (Å²) in [5.74, 6) is 1.68. The normalized spacial score (nSPS) is 10.8. The molecular weight excluding hydrogens is 487 g/mol. The molecule has 2 rings (SSSR count). The van der Waals surface area contributed by atoms with E-state index in [1.807, 2.05) is 24.3 Å². The molecule has 142 valence electrons. The van der Waals surface area contributed by atoms with Crippen LogP contribution in [0.2, 0.25) is 5.02 Å². The molecule has 0 bridgehead atoms. The Labute approximate surface area is 179 Å². The van der Waals surface area contributed by atoms with Crippen LogP contribution in [0.5, 0.6) is 0 Å². The van der Waals surface area contributed by atoms with Crippen LogP contribution in [0, 0.1) is 0 Å². The number of nitrogens with one attached hydrogen (secondary N) is 3. The van der Waals surface area contributed by atoms with Gasteiger partial charge in [0.15, 0.2) is 11.7 Å². The molecule has 0 unspecified atom stereocenters. The van der Waals surface area contributed by atoms with Crippen LogP contribution in [-0.4, -0.2) is 44.3 Å². The van der Waals surface area contributed by atoms with Crippen molar-refractivity contribution in [2.24, 2.45) is 4.99 Å². The Morgan fingerprint density at radius 3 is 2.46 bits per heavy atom. The van der Waals surface area contributed by atoms with Gasteiger partial charge in [-0.2, -0.15) is 0 Å². The second-order valence-corrected chi connectivity index (χ2v) is 6.57. The van der Waals surface area contributed by atoms with Gasteiger partial charge >= 0.3 is 0 Å². The van der Waals surface area contributed by atoms with E-state index in [9.17, 15) is 4.79 Å². The molecule has 0 aliphatic carbocycles. The summed E-state index contributed by atoms with van der Waals surface area (Å²) in [6, 6.07) is 11.1. The van der Waals surface area contributed by atoms with E-state index in [1.165, 1.54) is 11.2 Å². The van der Waals surface area contributed by atoms with Crippen LogP contribution in [0.3, 0.4) is 0 Å². The van der Waals surface area contributed by atoms with Gasteiger partial charge < -0.3 is 20.4 Å². The number of rotatable bonds is 8. The summed E-state index contributed by atoms with van der Waals surface area (Å²) in [5.41, 5.74) is 0. The number of nitrogens with zero attached hydrogens (tertiary/aromatic N) is 1. The number of carbonyl (C=O) groups is 1. The lowest BCUT2D eigenvalue weighted by Crippen LogP contribution is -2.42. The standard InChI is InChI=1S/C17H21ClN4O2S.HI/c1-19-17(21-9-8-20-16(23)15-3-2-11-24-15)22-10-12-25-14-6-4-13(18)5-7-14;/h2-7,11H,8-10,12H2,1H3,(H,20,23)(H2,19,21,22);1H. The zero-order valence-electron chi connectivity index (χ0n) is 14.3. The molecule has 0 atom stereocenters. The highest BCUT2D eigenvalue weighted by Gasteiger charge is 2.06. The maximum absolute atomic E-state index is 11.7. The second kappa shape index (κ2) is 12.9. The number of hydrogen-bond donors (Lipinski definition) is 3. The highest BCUT2D eigenvalue weighted by Crippen LogP contribution is 2.19. The molecule has 1 amide bonds. The van der Waals surface area contributed by atoms with E-state index in [-0.39, 0.29) is 29.9 Å². The van der Waals surface area contributed by atoms with Crippen LogP contribution in [0.25, 0.3) is 0 Å². The fraction of sp³-hybridized carbons (Fsp3) is 0.294. The Kier molecular flexibility index (Phi) is 11.2. The SMILES string of the molecule is CN=C(NCCNC(=O)c1ccco1)NCCSc1ccc(Cl)cc1.I. The molecule has 0 radical (unpaired) electrons. The van der Waals surface area contributed by atoms with Crippen LogP contribution >= 0.6 is 47.3 Å². The predicted molar refractivity (Wildman–Crippen MR) is 118 cm³/mol. The van der Waals surface area contributed by atoms with Crippen LogP contribution in [-0.2, 0) is 0 Å². The van der Waals surface area contributed by atoms with Crippen molar-refractivity contribution in [2.45, 2.75) is 4.90 Å². The zero-order chi connectivity index (χ0) is 17.9. The van der Waals surface area contributed by atoms with Crippen molar-refractivity contribution in [1.82, 2.24) is 16.0 Å². The minimum absolute atomic E-state index is 0. The largest absolute Gasteiger partial charge is 0.459 e. The molecule has 0 aliphatic heterocycles. The monoisotopic (exact) mass is 508 g/mol. The van der Waals surface area contributed by atoms with Gasteiger partial charge in [0, 0.05) is 42.4 Å². The summed E-state index contributed by atoms with van der Waals surface area (Å²) in [4.78, 5) is 17.0. The summed E-state index contributed by atoms with van der Waals surface area (Å²) in [5, 5.41) is 9.88. The summed E-state index contributed by atoms with van der Waals surface area (Å²) in [6.45, 7) is 1.81. The molecule has 0 fully saturated rings. The van der Waals surface area contributed by atoms with Crippen molar-refractivity contribution in [2.75, 3.05) is 32.4 Å². The van der Waals surface area contributed by atoms with E-state index in [0.29, 0.717) is 24.8 Å². The van der Waals surface area contributed by atoms with E-state index in [4.69, 9.17) is 16.0 Å². The van der Waals surface area contributed by atoms with E-state index in [2.05, 4.69) is 20.9 Å². The van der Waals surface area contributed by atoms with Gasteiger partial charge in [-0.05, 0) is 36.4 Å². The molecule has 0 saturated heterocycles. The van der Waals surface area contributed by atoms with Crippen LogP contribution in [0.15, 0.2) is 57.0 Å². The molecule has 1 aromatic carbocycles. The third-order valence-corrected chi connectivity index (χ3v) is 4.41. The van der Waals surface area contributed by atoms with Gasteiger partial charge in [-0.3, -0.25) is 9.79 Å². The zero-order valence-corrected chi connectivity index (χ0v) is 18.2. The molecule has 1 heterocycles. The highest BCUT2D eigenvalue weighted by atomic mass is 127. The van der Waals surface area contributed by atoms with Crippen molar-refractivity contribution in [3.05, 3.63) is 53.4 Å². The van der Waals surface area contributed by atoms with Crippen molar-refractivity contribution in [1.29, 1.82) is 0 Å². The maximum Gasteiger partial charge on any atom is 0.287 e. The molecule has 1 aromatic heterocycles. The number of amides is 1. The Morgan fingerprint density at radius 2 is 1.81 bits per heavy atom. The first-order valence-electron chi connectivity index (χ1n) is 7.83. The number of aliphatic imine (C=N–C) groups is 1. The number of carbonyl (C=O) groups excluding carboxylic acids is 1. The first-order valence-corrected chi connectivity index (χ1v) is 9.20. The number of guanidine groups is 1. The van der Waals surface area contributed by atoms with Crippen LogP contribution in [0.1, 0.15) is 10.6 Å². The molecule has 2 aromatic rings. The molecule has 0 aliphatic rings. The topological polar surface area (TPSA) is 78.7 Å². The minimum Gasteiger partial charge on any atom is -0.459 e. The van der Waals surface area contributed by atoms with E-state index < -0.39 is 0 Å². The number of thioether (sulfide) groups is 1. The summed E-state index contributed by atoms with van der Waals surface area (Å²) in [7, 11) is 1.71. The lowest BCUT2D eigenvalue weighted by Gasteiger charge is -2.12. The average Bonchev–Trinajstić information content (AvgIpc) is 3.16. The van der Waals surface area contributed by atoms with Crippen LogP contribution in [0.4, 0.5) is 0 Å². The number of benzene rings is 1. The lowest BCUT2D eigenvalue weighted by molar-refractivity contribution is 0.0926. The first kappa shape index (κ1) is 22.7. The summed E-state index contributed by atoms with van der Waals surface area (Å²) >= 11 is 7.61. The number of halogens is 2. The van der Waals surface area contributed by atoms with Gasteiger partial charge in [0.25, 0.3) is 5.91 Å². The smallest absolute Gasteiger partial charge is 0.287 e. The van der Waals surface area contributed by atoms with Gasteiger partial charge in [-0.15, -0.1) is 35.7 Å². The Balaban J connectivity index is 0.00000338. The van der Waals surface area contributed by atoms with Gasteiger partial charge in [0.2, 0.25) is 0 Å². The Morgan fingerprint density at radius 1 is 1.12 bits per heavy atom. The quantitative estimate of drug-likeness (QED) is 0.168. The van der Waals surface area contributed by atoms with E-state index in [0.717, 1.165) is 17.3 Å². The fourth-order valence-corrected chi connectivity index (χ4v) is 2.84. The lowest BCUT2D eigenvalue weighted by atomic mass is 10.4. The molecule has 3 N–H and O–H groups in total. The molecule has 0 spiro atoms. The van der Waals surface area contributed by atoms with Crippen LogP contribution < -0.4 is 16.0 Å². The molecular formula is C17H22ClIN4O2S. The first-order chi connectivity index (χ1) is 12.2. The van der Waals surface area contributed by atoms with Crippen molar-refractivity contribution in [3.63, 3.8) is 0 Å². The highest BCUT2D eigenvalue weighted by molar-refractivity contribution is 14.0. The Bertz CT molecular complexity index is 681. The minimum atomic E-state index is -0.228. The number of hydrogen-bond acceptors (Lipinski definition) is 4. The predicted octanol–water partition coefficient (Wildman–Crippen LogP) is 3.24. The summed E-state index contributed by atoms with van der Waals surface area (Å²) in [6.07, 6.45) is 1.47. The van der Waals surface area contributed by atoms with E-state index >= 15 is 0 Å². The molecule has 0 saturated carbocycles. The number of furan rings is 1. The molecule has 9 heteroatoms. The second-order valence-electron chi connectivity index (χ2n) is 4.96. The fourth-order valence-electron chi connectivity index (χ4n) is 1.94. The molecule has 6 nitrogen and oxygen atoms in total. The van der Waals surface area contributed by atoms with Gasteiger partial charge in [-0.25, -0.2) is 0 Å². The third-order valence-electron chi connectivity index (χ3n) is 3.15. The van der Waals surface area contributed by atoms with Crippen molar-refractivity contribution in [3.8, 4) is 0 Å². The average molecular weight is 509 g/mol. The third kappa shape index (κ3) is 8.33. The van der Waals surface area contributed by atoms with Crippen molar-refractivity contribution >= 4 is 59.2 Å². The maximum atomic E-state index is 11.7. The Hall–Kier alpha value is -1.39. The van der Waals surface area contributed by atoms with Gasteiger partial charge in [-0.1, -0.05) is 11.6 Å². The van der Waals surface area contributed by atoms with Gasteiger partial charge in [0.05, 0.1) is 6.26 Å². The van der Waals surface area contributed by atoms with Gasteiger partial charge in [0.1, 0.15) is 0 Å².